The zero-order valence-electron chi connectivity index (χ0n) is 23.2. The van der Waals surface area contributed by atoms with E-state index in [1.54, 1.807) is 12.1 Å². The fraction of sp³-hybridized carbons (Fsp3) is 0.333. The quantitative estimate of drug-likeness (QED) is 0.269. The Morgan fingerprint density at radius 3 is 2.26 bits per heavy atom. The molecule has 3 aromatic rings. The van der Waals surface area contributed by atoms with E-state index < -0.39 is 64.2 Å². The molecule has 13 heteroatoms. The third kappa shape index (κ3) is 7.66. The molecule has 7 nitrogen and oxygen atoms in total. The molecule has 0 aliphatic heterocycles. The van der Waals surface area contributed by atoms with Gasteiger partial charge in [-0.05, 0) is 56.2 Å². The maximum Gasteiger partial charge on any atom is 0.416 e. The van der Waals surface area contributed by atoms with Crippen molar-refractivity contribution < 1.29 is 35.6 Å². The molecule has 230 valence electrons. The number of hydrogen-bond donors (Lipinski definition) is 1. The molecule has 4 rings (SSSR count). The van der Waals surface area contributed by atoms with Gasteiger partial charge in [0.2, 0.25) is 11.8 Å². The summed E-state index contributed by atoms with van der Waals surface area (Å²) in [7, 11) is -4.65. The highest BCUT2D eigenvalue weighted by atomic mass is 35.5. The predicted octanol–water partition coefficient (Wildman–Crippen LogP) is 6.17. The van der Waals surface area contributed by atoms with Crippen LogP contribution in [0, 0.1) is 5.82 Å². The molecule has 1 N–H and O–H groups in total. The van der Waals surface area contributed by atoms with Gasteiger partial charge in [-0.2, -0.15) is 13.2 Å². The average molecular weight is 640 g/mol. The first kappa shape index (κ1) is 32.3. The zero-order chi connectivity index (χ0) is 31.4. The number of rotatable bonds is 10. The molecule has 0 unspecified atom stereocenters. The maximum atomic E-state index is 14.7. The molecule has 1 atom stereocenters. The summed E-state index contributed by atoms with van der Waals surface area (Å²) in [4.78, 5) is 27.9. The van der Waals surface area contributed by atoms with Crippen molar-refractivity contribution in [3.63, 3.8) is 0 Å². The van der Waals surface area contributed by atoms with Gasteiger partial charge in [0, 0.05) is 18.2 Å². The zero-order valence-corrected chi connectivity index (χ0v) is 24.7. The van der Waals surface area contributed by atoms with Crippen LogP contribution in [-0.2, 0) is 32.3 Å². The van der Waals surface area contributed by atoms with E-state index in [1.165, 1.54) is 49.4 Å². The van der Waals surface area contributed by atoms with Crippen LogP contribution in [0.25, 0.3) is 0 Å². The highest BCUT2D eigenvalue weighted by Crippen LogP contribution is 2.37. The first-order valence-corrected chi connectivity index (χ1v) is 15.4. The van der Waals surface area contributed by atoms with Crippen molar-refractivity contribution in [2.75, 3.05) is 10.8 Å². The maximum absolute atomic E-state index is 14.7. The fourth-order valence-corrected chi connectivity index (χ4v) is 6.61. The smallest absolute Gasteiger partial charge is 0.352 e. The van der Waals surface area contributed by atoms with Gasteiger partial charge in [-0.3, -0.25) is 13.9 Å². The van der Waals surface area contributed by atoms with Gasteiger partial charge >= 0.3 is 6.18 Å². The molecule has 2 amide bonds. The minimum atomic E-state index is -4.84. The summed E-state index contributed by atoms with van der Waals surface area (Å²) in [6.45, 7) is 0.00435. The number of anilines is 1. The molecule has 3 aromatic carbocycles. The number of benzene rings is 3. The molecular formula is C30H30ClF4N3O4S. The normalized spacial score (nSPS) is 14.7. The third-order valence-electron chi connectivity index (χ3n) is 7.32. The highest BCUT2D eigenvalue weighted by molar-refractivity contribution is 7.92. The van der Waals surface area contributed by atoms with Crippen LogP contribution in [0.3, 0.4) is 0 Å². The van der Waals surface area contributed by atoms with Gasteiger partial charge < -0.3 is 10.2 Å². The van der Waals surface area contributed by atoms with Gasteiger partial charge in [0.05, 0.1) is 21.2 Å². The molecular weight excluding hydrogens is 610 g/mol. The summed E-state index contributed by atoms with van der Waals surface area (Å²) in [5, 5.41) is 2.53. The minimum absolute atomic E-state index is 0.0611. The minimum Gasteiger partial charge on any atom is -0.352 e. The molecule has 1 aliphatic rings. The molecule has 0 bridgehead atoms. The van der Waals surface area contributed by atoms with E-state index >= 15 is 0 Å². The summed E-state index contributed by atoms with van der Waals surface area (Å²) in [5.74, 6) is -2.13. The van der Waals surface area contributed by atoms with Crippen LogP contribution in [0.15, 0.2) is 77.7 Å². The van der Waals surface area contributed by atoms with Crippen LogP contribution in [0.5, 0.6) is 0 Å². The van der Waals surface area contributed by atoms with E-state index in [0.29, 0.717) is 16.4 Å². The third-order valence-corrected chi connectivity index (χ3v) is 9.41. The predicted molar refractivity (Wildman–Crippen MR) is 154 cm³/mol. The number of alkyl halides is 3. The van der Waals surface area contributed by atoms with Gasteiger partial charge in [0.15, 0.2) is 0 Å². The largest absolute Gasteiger partial charge is 0.416 e. The first-order chi connectivity index (χ1) is 20.3. The van der Waals surface area contributed by atoms with E-state index in [1.807, 2.05) is 0 Å². The Bertz CT molecular complexity index is 1570. The summed E-state index contributed by atoms with van der Waals surface area (Å²) in [6, 6.07) is 13.3. The van der Waals surface area contributed by atoms with Gasteiger partial charge in [0.1, 0.15) is 18.4 Å². The monoisotopic (exact) mass is 639 g/mol. The molecule has 1 saturated carbocycles. The van der Waals surface area contributed by atoms with E-state index in [2.05, 4.69) is 5.32 Å². The SMILES string of the molecule is C[C@H](C(=O)NC1CCCC1)N(Cc1ccccc1F)C(=O)CN(c1cc(C(F)(F)F)ccc1Cl)S(=O)(=O)c1ccccc1. The Labute approximate surface area is 252 Å². The van der Waals surface area contributed by atoms with Crippen LogP contribution in [-0.4, -0.2) is 43.8 Å². The first-order valence-electron chi connectivity index (χ1n) is 13.6. The lowest BCUT2D eigenvalue weighted by atomic mass is 10.1. The molecule has 0 spiro atoms. The number of hydrogen-bond acceptors (Lipinski definition) is 4. The van der Waals surface area contributed by atoms with Crippen molar-refractivity contribution in [3.8, 4) is 0 Å². The highest BCUT2D eigenvalue weighted by Gasteiger charge is 2.37. The van der Waals surface area contributed by atoms with Crippen molar-refractivity contribution in [2.45, 2.75) is 62.3 Å². The number of nitrogens with one attached hydrogen (secondary N) is 1. The Kier molecular flexibility index (Phi) is 10.0. The van der Waals surface area contributed by atoms with Crippen molar-refractivity contribution in [1.29, 1.82) is 0 Å². The van der Waals surface area contributed by atoms with E-state index in [9.17, 15) is 35.6 Å². The molecule has 0 radical (unpaired) electrons. The van der Waals surface area contributed by atoms with Gasteiger partial charge in [-0.25, -0.2) is 12.8 Å². The number of amides is 2. The second-order valence-corrected chi connectivity index (χ2v) is 12.5. The van der Waals surface area contributed by atoms with Crippen molar-refractivity contribution in [2.24, 2.45) is 0 Å². The summed E-state index contributed by atoms with van der Waals surface area (Å²) >= 11 is 6.24. The molecule has 43 heavy (non-hydrogen) atoms. The fourth-order valence-electron chi connectivity index (χ4n) is 4.90. The second-order valence-electron chi connectivity index (χ2n) is 10.3. The number of nitrogens with zero attached hydrogens (tertiary/aromatic N) is 2. The molecule has 1 fully saturated rings. The Hall–Kier alpha value is -3.64. The molecule has 0 heterocycles. The lowest BCUT2D eigenvalue weighted by molar-refractivity contribution is -0.139. The van der Waals surface area contributed by atoms with Crippen LogP contribution in [0.2, 0.25) is 5.02 Å². The van der Waals surface area contributed by atoms with Crippen LogP contribution in [0.1, 0.15) is 43.7 Å². The van der Waals surface area contributed by atoms with E-state index in [0.717, 1.165) is 36.6 Å². The summed E-state index contributed by atoms with van der Waals surface area (Å²) in [5.41, 5.74) is -1.70. The lowest BCUT2D eigenvalue weighted by Gasteiger charge is -2.33. The second kappa shape index (κ2) is 13.3. The van der Waals surface area contributed by atoms with Crippen molar-refractivity contribution in [3.05, 3.63) is 94.8 Å². The molecule has 0 aromatic heterocycles. The summed E-state index contributed by atoms with van der Waals surface area (Å²) in [6.07, 6.45) is -1.45. The van der Waals surface area contributed by atoms with Crippen molar-refractivity contribution in [1.82, 2.24) is 10.2 Å². The van der Waals surface area contributed by atoms with Crippen molar-refractivity contribution >= 4 is 39.1 Å². The molecule has 1 aliphatic carbocycles. The number of carbonyl (C=O) groups excluding carboxylic acids is 2. The number of halogens is 5. The Balaban J connectivity index is 1.77. The lowest BCUT2D eigenvalue weighted by Crippen LogP contribution is -2.52. The average Bonchev–Trinajstić information content (AvgIpc) is 3.48. The number of sulfonamides is 1. The summed E-state index contributed by atoms with van der Waals surface area (Å²) < 4.78 is 83.8. The molecule has 0 saturated heterocycles. The topological polar surface area (TPSA) is 86.8 Å². The van der Waals surface area contributed by atoms with Gasteiger partial charge in [-0.15, -0.1) is 0 Å². The van der Waals surface area contributed by atoms with Crippen LogP contribution >= 0.6 is 11.6 Å². The van der Waals surface area contributed by atoms with Crippen LogP contribution < -0.4 is 9.62 Å². The van der Waals surface area contributed by atoms with E-state index in [4.69, 9.17) is 11.6 Å². The van der Waals surface area contributed by atoms with Gasteiger partial charge in [-0.1, -0.05) is 60.8 Å². The van der Waals surface area contributed by atoms with E-state index in [-0.39, 0.29) is 21.5 Å². The Morgan fingerprint density at radius 1 is 1.00 bits per heavy atom. The van der Waals surface area contributed by atoms with Crippen LogP contribution in [0.4, 0.5) is 23.2 Å². The Morgan fingerprint density at radius 2 is 1.63 bits per heavy atom. The number of carbonyl (C=O) groups is 2. The standard InChI is InChI=1S/C30H30ClF4N3O4S/c1-20(29(40)36-23-10-6-7-11-23)37(18-21-9-5-8-14-26(21)32)28(39)19-38(43(41,42)24-12-3-2-4-13-24)27-17-22(30(33,34)35)15-16-25(27)31/h2-5,8-9,12-17,20,23H,6-7,10-11,18-19H2,1H3,(H,36,40)/t20-/m1/s1. The van der Waals surface area contributed by atoms with Gasteiger partial charge in [0.25, 0.3) is 10.0 Å².